The SMILES string of the molecule is COc1cccc(N2C3CCC2CC(N)C3)c1[N+](=O)[O-]. The zero-order valence-corrected chi connectivity index (χ0v) is 11.5. The Morgan fingerprint density at radius 2 is 2.00 bits per heavy atom. The maximum Gasteiger partial charge on any atom is 0.333 e. The predicted molar refractivity (Wildman–Crippen MR) is 76.1 cm³/mol. The maximum absolute atomic E-state index is 11.4. The molecule has 0 radical (unpaired) electrons. The zero-order valence-electron chi connectivity index (χ0n) is 11.5. The van der Waals surface area contributed by atoms with E-state index in [9.17, 15) is 10.1 Å². The van der Waals surface area contributed by atoms with Gasteiger partial charge in [-0.05, 0) is 37.8 Å². The van der Waals surface area contributed by atoms with Crippen molar-refractivity contribution in [3.63, 3.8) is 0 Å². The quantitative estimate of drug-likeness (QED) is 0.675. The van der Waals surface area contributed by atoms with Crippen molar-refractivity contribution in [3.8, 4) is 5.75 Å². The van der Waals surface area contributed by atoms with Crippen LogP contribution in [0.15, 0.2) is 18.2 Å². The van der Waals surface area contributed by atoms with Gasteiger partial charge >= 0.3 is 5.69 Å². The third kappa shape index (κ3) is 2.00. The van der Waals surface area contributed by atoms with E-state index in [-0.39, 0.29) is 16.7 Å². The first-order valence-corrected chi connectivity index (χ1v) is 6.97. The molecular formula is C14H19N3O3. The van der Waals surface area contributed by atoms with Gasteiger partial charge in [-0.1, -0.05) is 6.07 Å². The number of nitro benzene ring substituents is 1. The Bertz CT molecular complexity index is 520. The lowest BCUT2D eigenvalue weighted by Gasteiger charge is -2.39. The zero-order chi connectivity index (χ0) is 14.3. The molecule has 0 spiro atoms. The number of ether oxygens (including phenoxy) is 1. The number of rotatable bonds is 3. The molecule has 108 valence electrons. The van der Waals surface area contributed by atoms with E-state index in [1.165, 1.54) is 7.11 Å². The number of benzene rings is 1. The summed E-state index contributed by atoms with van der Waals surface area (Å²) in [5.74, 6) is 0.321. The van der Waals surface area contributed by atoms with Crippen LogP contribution >= 0.6 is 0 Å². The fourth-order valence-electron chi connectivity index (χ4n) is 3.68. The number of hydrogen-bond donors (Lipinski definition) is 1. The van der Waals surface area contributed by atoms with Gasteiger partial charge in [-0.2, -0.15) is 0 Å². The van der Waals surface area contributed by atoms with Gasteiger partial charge in [0.15, 0.2) is 5.75 Å². The van der Waals surface area contributed by atoms with Crippen molar-refractivity contribution >= 4 is 11.4 Å². The monoisotopic (exact) mass is 277 g/mol. The average Bonchev–Trinajstić information content (AvgIpc) is 2.69. The summed E-state index contributed by atoms with van der Waals surface area (Å²) in [7, 11) is 1.47. The van der Waals surface area contributed by atoms with Gasteiger partial charge in [-0.3, -0.25) is 10.1 Å². The Morgan fingerprint density at radius 1 is 1.35 bits per heavy atom. The van der Waals surface area contributed by atoms with Gasteiger partial charge in [0.05, 0.1) is 12.0 Å². The lowest BCUT2D eigenvalue weighted by atomic mass is 9.97. The largest absolute Gasteiger partial charge is 0.490 e. The first kappa shape index (κ1) is 13.2. The highest BCUT2D eigenvalue weighted by Gasteiger charge is 2.42. The molecule has 2 unspecified atom stereocenters. The minimum Gasteiger partial charge on any atom is -0.490 e. The number of anilines is 1. The van der Waals surface area contributed by atoms with Crippen LogP contribution in [-0.4, -0.2) is 30.2 Å². The molecule has 2 saturated heterocycles. The van der Waals surface area contributed by atoms with E-state index in [0.717, 1.165) is 25.7 Å². The lowest BCUT2D eigenvalue weighted by molar-refractivity contribution is -0.385. The molecule has 2 aliphatic rings. The highest BCUT2D eigenvalue weighted by molar-refractivity contribution is 5.71. The second-order valence-corrected chi connectivity index (χ2v) is 5.61. The van der Waals surface area contributed by atoms with Crippen LogP contribution in [0.4, 0.5) is 11.4 Å². The van der Waals surface area contributed by atoms with E-state index in [0.29, 0.717) is 23.5 Å². The summed E-state index contributed by atoms with van der Waals surface area (Å²) >= 11 is 0. The van der Waals surface area contributed by atoms with Crippen LogP contribution < -0.4 is 15.4 Å². The number of hydrogen-bond acceptors (Lipinski definition) is 5. The first-order chi connectivity index (χ1) is 9.61. The van der Waals surface area contributed by atoms with Gasteiger partial charge in [0.2, 0.25) is 0 Å². The van der Waals surface area contributed by atoms with Crippen molar-refractivity contribution in [2.75, 3.05) is 12.0 Å². The molecule has 0 aliphatic carbocycles. The minimum atomic E-state index is -0.345. The molecule has 0 amide bonds. The van der Waals surface area contributed by atoms with Crippen molar-refractivity contribution in [1.29, 1.82) is 0 Å². The van der Waals surface area contributed by atoms with Crippen LogP contribution in [0, 0.1) is 10.1 Å². The summed E-state index contributed by atoms with van der Waals surface area (Å²) < 4.78 is 5.16. The average molecular weight is 277 g/mol. The number of methoxy groups -OCH3 is 1. The molecule has 0 saturated carbocycles. The van der Waals surface area contributed by atoms with E-state index in [1.54, 1.807) is 6.07 Å². The third-order valence-corrected chi connectivity index (χ3v) is 4.43. The Hall–Kier alpha value is -1.82. The molecule has 6 heteroatoms. The molecule has 2 atom stereocenters. The summed E-state index contributed by atoms with van der Waals surface area (Å²) in [5.41, 5.74) is 6.81. The molecule has 6 nitrogen and oxygen atoms in total. The highest BCUT2D eigenvalue weighted by Crippen LogP contribution is 2.45. The summed E-state index contributed by atoms with van der Waals surface area (Å²) in [6.45, 7) is 0. The van der Waals surface area contributed by atoms with Crippen molar-refractivity contribution in [1.82, 2.24) is 0 Å². The van der Waals surface area contributed by atoms with Crippen LogP contribution in [0.1, 0.15) is 25.7 Å². The van der Waals surface area contributed by atoms with Crippen molar-refractivity contribution < 1.29 is 9.66 Å². The molecule has 0 aromatic heterocycles. The van der Waals surface area contributed by atoms with Crippen LogP contribution in [0.25, 0.3) is 0 Å². The van der Waals surface area contributed by atoms with Crippen LogP contribution in [-0.2, 0) is 0 Å². The molecule has 1 aromatic carbocycles. The van der Waals surface area contributed by atoms with Crippen molar-refractivity contribution in [3.05, 3.63) is 28.3 Å². The fraction of sp³-hybridized carbons (Fsp3) is 0.571. The maximum atomic E-state index is 11.4. The molecule has 1 aromatic rings. The van der Waals surface area contributed by atoms with Crippen molar-refractivity contribution in [2.24, 2.45) is 5.73 Å². The van der Waals surface area contributed by atoms with E-state index < -0.39 is 0 Å². The predicted octanol–water partition coefficient (Wildman–Crippen LogP) is 2.06. The molecule has 2 aliphatic heterocycles. The normalized spacial score (nSPS) is 28.5. The van der Waals surface area contributed by atoms with Crippen LogP contribution in [0.5, 0.6) is 5.75 Å². The second kappa shape index (κ2) is 4.94. The fourth-order valence-corrected chi connectivity index (χ4v) is 3.68. The smallest absolute Gasteiger partial charge is 0.333 e. The van der Waals surface area contributed by atoms with E-state index >= 15 is 0 Å². The second-order valence-electron chi connectivity index (χ2n) is 5.61. The van der Waals surface area contributed by atoms with Gasteiger partial charge in [0.25, 0.3) is 0 Å². The van der Waals surface area contributed by atoms with Crippen molar-refractivity contribution in [2.45, 2.75) is 43.8 Å². The first-order valence-electron chi connectivity index (χ1n) is 6.97. The minimum absolute atomic E-state index is 0.0716. The van der Waals surface area contributed by atoms with Gasteiger partial charge in [-0.25, -0.2) is 0 Å². The number of fused-ring (bicyclic) bond motifs is 2. The number of para-hydroxylation sites is 1. The van der Waals surface area contributed by atoms with E-state index in [4.69, 9.17) is 10.5 Å². The lowest BCUT2D eigenvalue weighted by Crippen LogP contribution is -2.47. The molecule has 2 heterocycles. The molecular weight excluding hydrogens is 258 g/mol. The van der Waals surface area contributed by atoms with Gasteiger partial charge in [0, 0.05) is 18.1 Å². The standard InChI is InChI=1S/C14H19N3O3/c1-20-13-4-2-3-12(14(13)17(18)19)16-10-5-6-11(16)8-9(15)7-10/h2-4,9-11H,5-8,15H2,1H3. The molecule has 2 N–H and O–H groups in total. The number of piperidine rings is 1. The highest BCUT2D eigenvalue weighted by atomic mass is 16.6. The number of nitrogens with zero attached hydrogens (tertiary/aromatic N) is 2. The Morgan fingerprint density at radius 3 is 2.55 bits per heavy atom. The molecule has 3 rings (SSSR count). The Labute approximate surface area is 117 Å². The topological polar surface area (TPSA) is 81.6 Å². The summed E-state index contributed by atoms with van der Waals surface area (Å²) in [4.78, 5) is 13.3. The Balaban J connectivity index is 2.05. The summed E-state index contributed by atoms with van der Waals surface area (Å²) in [5, 5.41) is 11.4. The van der Waals surface area contributed by atoms with E-state index in [1.807, 2.05) is 12.1 Å². The summed E-state index contributed by atoms with van der Waals surface area (Å²) in [6, 6.07) is 6.12. The number of nitrogens with two attached hydrogens (primary N) is 1. The molecule has 2 bridgehead atoms. The van der Waals surface area contributed by atoms with Crippen LogP contribution in [0.3, 0.4) is 0 Å². The Kier molecular flexibility index (Phi) is 3.25. The number of nitro groups is 1. The van der Waals surface area contributed by atoms with Crippen LogP contribution in [0.2, 0.25) is 0 Å². The molecule has 20 heavy (non-hydrogen) atoms. The van der Waals surface area contributed by atoms with E-state index in [2.05, 4.69) is 4.90 Å². The van der Waals surface area contributed by atoms with Gasteiger partial charge in [-0.15, -0.1) is 0 Å². The molecule has 2 fully saturated rings. The third-order valence-electron chi connectivity index (χ3n) is 4.43. The van der Waals surface area contributed by atoms with Gasteiger partial charge < -0.3 is 15.4 Å². The summed E-state index contributed by atoms with van der Waals surface area (Å²) in [6.07, 6.45) is 3.94. The van der Waals surface area contributed by atoms with Gasteiger partial charge in [0.1, 0.15) is 5.69 Å².